The van der Waals surface area contributed by atoms with Crippen LogP contribution in [0.1, 0.15) is 19.8 Å². The molecule has 138 valence electrons. The fourth-order valence-corrected chi connectivity index (χ4v) is 8.51. The van der Waals surface area contributed by atoms with Gasteiger partial charge in [-0.1, -0.05) is 54.6 Å². The zero-order valence-corrected chi connectivity index (χ0v) is 16.6. The van der Waals surface area contributed by atoms with Gasteiger partial charge in [0.15, 0.2) is 5.78 Å². The molecule has 0 fully saturated rings. The van der Waals surface area contributed by atoms with Gasteiger partial charge in [-0.3, -0.25) is 4.79 Å². The van der Waals surface area contributed by atoms with E-state index in [1.165, 1.54) is 15.9 Å². The van der Waals surface area contributed by atoms with Crippen LogP contribution in [0.3, 0.4) is 0 Å². The molecule has 27 heavy (non-hydrogen) atoms. The van der Waals surface area contributed by atoms with Crippen LogP contribution in [0.4, 0.5) is 0 Å². The summed E-state index contributed by atoms with van der Waals surface area (Å²) in [5.41, 5.74) is -0.156. The minimum atomic E-state index is -2.17. The minimum absolute atomic E-state index is 0.0475. The molecule has 0 aromatic heterocycles. The second-order valence-electron chi connectivity index (χ2n) is 6.70. The van der Waals surface area contributed by atoms with Crippen LogP contribution in [0.2, 0.25) is 0 Å². The standard InChI is InChI=1S/C24H26O2P/c1-20(24(26)18-11-19-25)27(21-12-5-2-6-13-21,22-14-7-3-8-15-22)23-16-9-4-10-17-23/h2-10,12-17,20,25H,11,18-19H2,1H3/q+1. The molecule has 0 saturated carbocycles. The topological polar surface area (TPSA) is 37.3 Å². The summed E-state index contributed by atoms with van der Waals surface area (Å²) in [6.07, 6.45) is 0.924. The van der Waals surface area contributed by atoms with E-state index in [4.69, 9.17) is 0 Å². The van der Waals surface area contributed by atoms with Crippen LogP contribution in [0.25, 0.3) is 0 Å². The molecule has 1 unspecified atom stereocenters. The smallest absolute Gasteiger partial charge is 0.173 e. The Morgan fingerprint density at radius 3 is 1.48 bits per heavy atom. The Bertz CT molecular complexity index is 751. The van der Waals surface area contributed by atoms with E-state index in [1.807, 2.05) is 18.2 Å². The summed E-state index contributed by atoms with van der Waals surface area (Å²) in [6.45, 7) is 2.12. The minimum Gasteiger partial charge on any atom is -0.396 e. The number of benzene rings is 3. The van der Waals surface area contributed by atoms with Crippen molar-refractivity contribution in [1.82, 2.24) is 0 Å². The van der Waals surface area contributed by atoms with E-state index in [-0.39, 0.29) is 18.0 Å². The molecular weight excluding hydrogens is 351 g/mol. The average molecular weight is 377 g/mol. The molecule has 0 heterocycles. The van der Waals surface area contributed by atoms with Crippen LogP contribution in [0, 0.1) is 0 Å². The Labute approximate surface area is 162 Å². The lowest BCUT2D eigenvalue weighted by atomic mass is 10.2. The highest BCUT2D eigenvalue weighted by molar-refractivity contribution is 7.96. The van der Waals surface area contributed by atoms with Gasteiger partial charge in [-0.05, 0) is 49.7 Å². The highest BCUT2D eigenvalue weighted by Crippen LogP contribution is 2.60. The SMILES string of the molecule is CC(C(=O)CCCO)[P+](c1ccccc1)(c1ccccc1)c1ccccc1. The van der Waals surface area contributed by atoms with Crippen LogP contribution in [0.5, 0.6) is 0 Å². The lowest BCUT2D eigenvalue weighted by Gasteiger charge is -2.32. The van der Waals surface area contributed by atoms with Crippen molar-refractivity contribution in [1.29, 1.82) is 0 Å². The largest absolute Gasteiger partial charge is 0.396 e. The van der Waals surface area contributed by atoms with Crippen LogP contribution >= 0.6 is 7.26 Å². The van der Waals surface area contributed by atoms with Crippen molar-refractivity contribution in [3.05, 3.63) is 91.0 Å². The van der Waals surface area contributed by atoms with E-state index in [9.17, 15) is 9.90 Å². The second-order valence-corrected chi connectivity index (χ2v) is 10.5. The fourth-order valence-electron chi connectivity index (χ4n) is 3.79. The number of aliphatic hydroxyl groups is 1. The highest BCUT2D eigenvalue weighted by Gasteiger charge is 2.52. The predicted molar refractivity (Wildman–Crippen MR) is 116 cm³/mol. The van der Waals surface area contributed by atoms with Crippen LogP contribution in [-0.4, -0.2) is 23.2 Å². The average Bonchev–Trinajstić information content (AvgIpc) is 2.75. The van der Waals surface area contributed by atoms with Crippen LogP contribution in [-0.2, 0) is 4.79 Å². The molecule has 3 rings (SSSR count). The Morgan fingerprint density at radius 2 is 1.15 bits per heavy atom. The first kappa shape index (κ1) is 19.5. The zero-order chi connectivity index (χ0) is 19.1. The van der Waals surface area contributed by atoms with Crippen molar-refractivity contribution in [2.45, 2.75) is 25.4 Å². The molecule has 0 saturated heterocycles. The molecular formula is C24H26O2P+. The van der Waals surface area contributed by atoms with E-state index in [0.29, 0.717) is 12.8 Å². The molecule has 1 N–H and O–H groups in total. The van der Waals surface area contributed by atoms with Gasteiger partial charge in [-0.15, -0.1) is 0 Å². The van der Waals surface area contributed by atoms with Gasteiger partial charge in [0.2, 0.25) is 0 Å². The van der Waals surface area contributed by atoms with Crippen molar-refractivity contribution >= 4 is 29.0 Å². The Morgan fingerprint density at radius 1 is 0.778 bits per heavy atom. The van der Waals surface area contributed by atoms with Gasteiger partial charge in [-0.25, -0.2) is 0 Å². The maximum absolute atomic E-state index is 13.2. The first-order valence-electron chi connectivity index (χ1n) is 9.40. The zero-order valence-electron chi connectivity index (χ0n) is 15.7. The van der Waals surface area contributed by atoms with Gasteiger partial charge < -0.3 is 5.11 Å². The maximum Gasteiger partial charge on any atom is 0.173 e. The number of carbonyl (C=O) groups excluding carboxylic acids is 1. The summed E-state index contributed by atoms with van der Waals surface area (Å²) in [4.78, 5) is 13.2. The fraction of sp³-hybridized carbons (Fsp3) is 0.208. The Hall–Kier alpha value is -2.28. The van der Waals surface area contributed by atoms with Gasteiger partial charge in [0.1, 0.15) is 28.8 Å². The molecule has 0 aliphatic rings. The van der Waals surface area contributed by atoms with Crippen molar-refractivity contribution in [3.63, 3.8) is 0 Å². The van der Waals surface area contributed by atoms with Gasteiger partial charge in [-0.2, -0.15) is 0 Å². The molecule has 3 heteroatoms. The molecule has 0 bridgehead atoms. The van der Waals surface area contributed by atoms with E-state index in [0.717, 1.165) is 0 Å². The molecule has 0 aliphatic heterocycles. The number of ketones is 1. The lowest BCUT2D eigenvalue weighted by molar-refractivity contribution is -0.118. The highest BCUT2D eigenvalue weighted by atomic mass is 31.2. The van der Waals surface area contributed by atoms with E-state index in [2.05, 4.69) is 79.7 Å². The molecule has 3 aromatic rings. The summed E-state index contributed by atoms with van der Waals surface area (Å²) >= 11 is 0. The third-order valence-electron chi connectivity index (χ3n) is 5.12. The summed E-state index contributed by atoms with van der Waals surface area (Å²) in [7, 11) is -2.17. The summed E-state index contributed by atoms with van der Waals surface area (Å²) < 4.78 is 0. The van der Waals surface area contributed by atoms with E-state index in [1.54, 1.807) is 0 Å². The Kier molecular flexibility index (Phi) is 6.55. The second kappa shape index (κ2) is 9.08. The first-order chi connectivity index (χ1) is 13.2. The lowest BCUT2D eigenvalue weighted by Crippen LogP contribution is -2.41. The molecule has 0 amide bonds. The summed E-state index contributed by atoms with van der Waals surface area (Å²) in [5.74, 6) is 0.217. The normalized spacial score (nSPS) is 12.5. The Balaban J connectivity index is 2.28. The van der Waals surface area contributed by atoms with Crippen molar-refractivity contribution in [2.75, 3.05) is 6.61 Å². The third-order valence-corrected chi connectivity index (χ3v) is 9.91. The number of Topliss-reactive ketones (excluding diaryl/α,β-unsaturated/α-hetero) is 1. The van der Waals surface area contributed by atoms with Crippen LogP contribution in [0.15, 0.2) is 91.0 Å². The molecule has 0 spiro atoms. The quantitative estimate of drug-likeness (QED) is 0.608. The third kappa shape index (κ3) is 3.88. The first-order valence-corrected chi connectivity index (χ1v) is 11.3. The van der Waals surface area contributed by atoms with E-state index >= 15 is 0 Å². The van der Waals surface area contributed by atoms with Crippen LogP contribution < -0.4 is 15.9 Å². The monoisotopic (exact) mass is 377 g/mol. The van der Waals surface area contributed by atoms with Gasteiger partial charge in [0, 0.05) is 13.0 Å². The summed E-state index contributed by atoms with van der Waals surface area (Å²) in [6, 6.07) is 31.3. The number of rotatable bonds is 8. The predicted octanol–water partition coefficient (Wildman–Crippen LogP) is 3.71. The molecule has 0 aliphatic carbocycles. The van der Waals surface area contributed by atoms with Crippen molar-refractivity contribution in [2.24, 2.45) is 0 Å². The number of aliphatic hydroxyl groups excluding tert-OH is 1. The number of hydrogen-bond acceptors (Lipinski definition) is 2. The molecule has 2 nitrogen and oxygen atoms in total. The molecule has 3 aromatic carbocycles. The number of hydrogen-bond donors (Lipinski definition) is 1. The summed E-state index contributed by atoms with van der Waals surface area (Å²) in [5, 5.41) is 12.9. The van der Waals surface area contributed by atoms with Gasteiger partial charge in [0.25, 0.3) is 0 Å². The molecule has 0 radical (unpaired) electrons. The van der Waals surface area contributed by atoms with Gasteiger partial charge >= 0.3 is 0 Å². The maximum atomic E-state index is 13.2. The number of carbonyl (C=O) groups is 1. The van der Waals surface area contributed by atoms with Gasteiger partial charge in [0.05, 0.1) is 0 Å². The van der Waals surface area contributed by atoms with Crippen molar-refractivity contribution in [3.8, 4) is 0 Å². The van der Waals surface area contributed by atoms with Crippen molar-refractivity contribution < 1.29 is 9.90 Å². The molecule has 1 atom stereocenters. The van der Waals surface area contributed by atoms with E-state index < -0.39 is 7.26 Å².